The van der Waals surface area contributed by atoms with E-state index in [-0.39, 0.29) is 18.2 Å². The number of amides is 4. The smallest absolute Gasteiger partial charge is 0.407 e. The van der Waals surface area contributed by atoms with Crippen LogP contribution in [0.2, 0.25) is 0 Å². The molecule has 1 aromatic carbocycles. The molecule has 150 valence electrons. The van der Waals surface area contributed by atoms with E-state index >= 15 is 0 Å². The highest BCUT2D eigenvalue weighted by molar-refractivity contribution is 6.05. The van der Waals surface area contributed by atoms with Gasteiger partial charge in [0, 0.05) is 25.1 Å². The summed E-state index contributed by atoms with van der Waals surface area (Å²) in [6, 6.07) is 4.98. The van der Waals surface area contributed by atoms with Crippen molar-refractivity contribution in [1.29, 1.82) is 0 Å². The van der Waals surface area contributed by atoms with E-state index < -0.39 is 23.6 Å². The molecule has 0 aliphatic carbocycles. The molecule has 1 aromatic rings. The summed E-state index contributed by atoms with van der Waals surface area (Å²) < 4.78 is 5.19. The quantitative estimate of drug-likeness (QED) is 0.762. The summed E-state index contributed by atoms with van der Waals surface area (Å²) in [6.07, 6.45) is 0.654. The number of carbonyl (C=O) groups is 4. The van der Waals surface area contributed by atoms with Gasteiger partial charge in [-0.25, -0.2) is 4.79 Å². The lowest BCUT2D eigenvalue weighted by atomic mass is 10.0. The maximum absolute atomic E-state index is 12.8. The number of nitrogens with zero attached hydrogens (tertiary/aromatic N) is 1. The van der Waals surface area contributed by atoms with Gasteiger partial charge in [-0.3, -0.25) is 19.7 Å². The molecule has 8 heteroatoms. The average Bonchev–Trinajstić information content (AvgIpc) is 2.90. The fourth-order valence-corrected chi connectivity index (χ4v) is 3.38. The maximum atomic E-state index is 12.8. The van der Waals surface area contributed by atoms with E-state index in [2.05, 4.69) is 10.6 Å². The van der Waals surface area contributed by atoms with Gasteiger partial charge in [0.25, 0.3) is 5.91 Å². The molecule has 2 aliphatic heterocycles. The zero-order chi connectivity index (χ0) is 20.5. The minimum atomic E-state index is -0.616. The van der Waals surface area contributed by atoms with Crippen LogP contribution in [-0.4, -0.2) is 46.9 Å². The van der Waals surface area contributed by atoms with Crippen LogP contribution >= 0.6 is 0 Å². The second-order valence-corrected chi connectivity index (χ2v) is 8.07. The van der Waals surface area contributed by atoms with E-state index in [1.54, 1.807) is 26.8 Å². The molecule has 8 nitrogen and oxygen atoms in total. The Kier molecular flexibility index (Phi) is 5.40. The third-order valence-electron chi connectivity index (χ3n) is 4.67. The Labute approximate surface area is 163 Å². The fourth-order valence-electron chi connectivity index (χ4n) is 3.38. The normalized spacial score (nSPS) is 19.3. The van der Waals surface area contributed by atoms with Crippen molar-refractivity contribution >= 4 is 23.8 Å². The minimum absolute atomic E-state index is 0.202. The highest BCUT2D eigenvalue weighted by Crippen LogP contribution is 2.28. The van der Waals surface area contributed by atoms with Gasteiger partial charge in [0.15, 0.2) is 0 Å². The first-order valence-electron chi connectivity index (χ1n) is 9.37. The number of hydrogen-bond donors (Lipinski definition) is 2. The molecule has 1 saturated heterocycles. The molecule has 2 aliphatic rings. The summed E-state index contributed by atoms with van der Waals surface area (Å²) in [5, 5.41) is 4.99. The van der Waals surface area contributed by atoms with Crippen LogP contribution < -0.4 is 10.6 Å². The fraction of sp³-hybridized carbons (Fsp3) is 0.500. The van der Waals surface area contributed by atoms with Gasteiger partial charge < -0.3 is 15.0 Å². The van der Waals surface area contributed by atoms with Crippen LogP contribution in [0.1, 0.15) is 55.1 Å². The molecule has 0 bridgehead atoms. The van der Waals surface area contributed by atoms with E-state index in [1.807, 2.05) is 12.1 Å². The van der Waals surface area contributed by atoms with E-state index in [4.69, 9.17) is 4.74 Å². The molecule has 28 heavy (non-hydrogen) atoms. The Morgan fingerprint density at radius 3 is 2.71 bits per heavy atom. The summed E-state index contributed by atoms with van der Waals surface area (Å²) in [7, 11) is 0. The van der Waals surface area contributed by atoms with Gasteiger partial charge in [0.1, 0.15) is 11.6 Å². The van der Waals surface area contributed by atoms with Crippen molar-refractivity contribution in [1.82, 2.24) is 15.5 Å². The Balaban J connectivity index is 1.60. The average molecular weight is 387 g/mol. The van der Waals surface area contributed by atoms with Crippen LogP contribution in [0.4, 0.5) is 4.79 Å². The van der Waals surface area contributed by atoms with Crippen molar-refractivity contribution < 1.29 is 23.9 Å². The number of alkyl carbamates (subject to hydrolysis) is 1. The van der Waals surface area contributed by atoms with Gasteiger partial charge in [0.2, 0.25) is 11.8 Å². The van der Waals surface area contributed by atoms with E-state index in [1.165, 1.54) is 4.90 Å². The molecule has 1 fully saturated rings. The Bertz CT molecular complexity index is 828. The highest BCUT2D eigenvalue weighted by Gasteiger charge is 2.39. The number of fused-ring (bicyclic) bond motifs is 1. The molecular formula is C20H25N3O5. The zero-order valence-electron chi connectivity index (χ0n) is 16.3. The minimum Gasteiger partial charge on any atom is -0.444 e. The van der Waals surface area contributed by atoms with E-state index in [9.17, 15) is 19.2 Å². The number of nitrogens with one attached hydrogen (secondary N) is 2. The predicted octanol–water partition coefficient (Wildman–Crippen LogP) is 1.51. The maximum Gasteiger partial charge on any atom is 0.407 e. The van der Waals surface area contributed by atoms with Gasteiger partial charge >= 0.3 is 6.09 Å². The first-order chi connectivity index (χ1) is 13.1. The summed E-state index contributed by atoms with van der Waals surface area (Å²) in [5.41, 5.74) is 1.79. The van der Waals surface area contributed by atoms with Gasteiger partial charge in [-0.1, -0.05) is 12.1 Å². The van der Waals surface area contributed by atoms with Crippen molar-refractivity contribution in [2.24, 2.45) is 0 Å². The predicted molar refractivity (Wildman–Crippen MR) is 100 cm³/mol. The Hall–Kier alpha value is -2.90. The SMILES string of the molecule is CC(C)(C)OC(=O)NCCc1ccc2c(c1)C(=O)N(C1CCC(=O)NC1=O)C2. The monoisotopic (exact) mass is 387 g/mol. The Morgan fingerprint density at radius 1 is 1.29 bits per heavy atom. The molecule has 0 saturated carbocycles. The Morgan fingerprint density at radius 2 is 2.04 bits per heavy atom. The topological polar surface area (TPSA) is 105 Å². The zero-order valence-corrected chi connectivity index (χ0v) is 16.3. The standard InChI is InChI=1S/C20H25N3O5/c1-20(2,3)28-19(27)21-9-8-12-4-5-13-11-23(18(26)14(13)10-12)15-6-7-16(24)22-17(15)25/h4-5,10,15H,6-9,11H2,1-3H3,(H,21,27)(H,22,24,25). The van der Waals surface area contributed by atoms with Crippen molar-refractivity contribution in [3.63, 3.8) is 0 Å². The molecule has 2 N–H and O–H groups in total. The summed E-state index contributed by atoms with van der Waals surface area (Å²) in [4.78, 5) is 49.4. The number of ether oxygens (including phenoxy) is 1. The van der Waals surface area contributed by atoms with Gasteiger partial charge in [0.05, 0.1) is 0 Å². The molecule has 3 rings (SSSR count). The lowest BCUT2D eigenvalue weighted by Gasteiger charge is -2.29. The number of rotatable bonds is 4. The van der Waals surface area contributed by atoms with Crippen LogP contribution in [0.3, 0.4) is 0 Å². The third kappa shape index (κ3) is 4.49. The molecule has 1 atom stereocenters. The van der Waals surface area contributed by atoms with Crippen LogP contribution in [0.5, 0.6) is 0 Å². The molecule has 0 spiro atoms. The van der Waals surface area contributed by atoms with Crippen LogP contribution in [0, 0.1) is 0 Å². The van der Waals surface area contributed by atoms with Gasteiger partial charge in [-0.05, 0) is 50.8 Å². The number of benzene rings is 1. The number of hydrogen-bond acceptors (Lipinski definition) is 5. The second-order valence-electron chi connectivity index (χ2n) is 8.07. The first-order valence-corrected chi connectivity index (χ1v) is 9.37. The molecule has 0 aromatic heterocycles. The van der Waals surface area contributed by atoms with Gasteiger partial charge in [-0.2, -0.15) is 0 Å². The molecule has 1 unspecified atom stereocenters. The lowest BCUT2D eigenvalue weighted by Crippen LogP contribution is -2.52. The first kappa shape index (κ1) is 19.9. The molecular weight excluding hydrogens is 362 g/mol. The van der Waals surface area contributed by atoms with Crippen molar-refractivity contribution in [3.8, 4) is 0 Å². The van der Waals surface area contributed by atoms with Crippen LogP contribution in [-0.2, 0) is 27.3 Å². The van der Waals surface area contributed by atoms with Crippen LogP contribution in [0.15, 0.2) is 18.2 Å². The van der Waals surface area contributed by atoms with Crippen LogP contribution in [0.25, 0.3) is 0 Å². The van der Waals surface area contributed by atoms with Crippen molar-refractivity contribution in [3.05, 3.63) is 34.9 Å². The molecule has 2 heterocycles. The number of imide groups is 1. The number of carbonyl (C=O) groups excluding carboxylic acids is 4. The summed E-state index contributed by atoms with van der Waals surface area (Å²) in [6.45, 7) is 6.14. The van der Waals surface area contributed by atoms with E-state index in [0.29, 0.717) is 31.5 Å². The third-order valence-corrected chi connectivity index (χ3v) is 4.67. The summed E-state index contributed by atoms with van der Waals surface area (Å²) in [5.74, 6) is -0.921. The molecule has 4 amide bonds. The lowest BCUT2D eigenvalue weighted by molar-refractivity contribution is -0.136. The van der Waals surface area contributed by atoms with E-state index in [0.717, 1.165) is 11.1 Å². The highest BCUT2D eigenvalue weighted by atomic mass is 16.6. The van der Waals surface area contributed by atoms with Crippen molar-refractivity contribution in [2.45, 2.75) is 58.2 Å². The van der Waals surface area contributed by atoms with Crippen molar-refractivity contribution in [2.75, 3.05) is 6.54 Å². The molecule has 0 radical (unpaired) electrons. The number of piperidine rings is 1. The largest absolute Gasteiger partial charge is 0.444 e. The van der Waals surface area contributed by atoms with Gasteiger partial charge in [-0.15, -0.1) is 0 Å². The summed E-state index contributed by atoms with van der Waals surface area (Å²) >= 11 is 0. The second kappa shape index (κ2) is 7.61.